The number of ether oxygens (including phenoxy) is 3. The van der Waals surface area contributed by atoms with Crippen LogP contribution < -0.4 is 14.2 Å². The van der Waals surface area contributed by atoms with E-state index in [-0.39, 0.29) is 17.4 Å². The topological polar surface area (TPSA) is 85.3 Å². The van der Waals surface area contributed by atoms with Crippen LogP contribution in [-0.2, 0) is 16.0 Å². The molecular weight excluding hydrogens is 434 g/mol. The Morgan fingerprint density at radius 1 is 1.00 bits per heavy atom. The number of rotatable bonds is 5. The molecular formula is C27H29NO6. The summed E-state index contributed by atoms with van der Waals surface area (Å²) in [5, 5.41) is 11.4. The molecule has 2 aromatic rings. The van der Waals surface area contributed by atoms with Gasteiger partial charge in [-0.3, -0.25) is 9.59 Å². The number of hydrogen-bond donors (Lipinski definition) is 1. The highest BCUT2D eigenvalue weighted by Gasteiger charge is 2.49. The second-order valence-corrected chi connectivity index (χ2v) is 9.03. The highest BCUT2D eigenvalue weighted by Crippen LogP contribution is 2.45. The maximum absolute atomic E-state index is 13.3. The number of carbonyl (C=O) groups excluding carboxylic acids is 2. The molecule has 34 heavy (non-hydrogen) atoms. The van der Waals surface area contributed by atoms with E-state index in [4.69, 9.17) is 14.2 Å². The molecule has 1 unspecified atom stereocenters. The van der Waals surface area contributed by atoms with Crippen molar-refractivity contribution in [1.82, 2.24) is 4.90 Å². The Morgan fingerprint density at radius 3 is 2.50 bits per heavy atom. The number of likely N-dealkylation sites (tertiary alicyclic amines) is 1. The fourth-order valence-electron chi connectivity index (χ4n) is 5.42. The van der Waals surface area contributed by atoms with Gasteiger partial charge in [0.15, 0.2) is 11.5 Å². The number of methoxy groups -OCH3 is 2. The molecule has 5 rings (SSSR count). The third kappa shape index (κ3) is 3.69. The monoisotopic (exact) mass is 463 g/mol. The highest BCUT2D eigenvalue weighted by atomic mass is 16.5. The predicted octanol–water partition coefficient (Wildman–Crippen LogP) is 4.39. The molecule has 1 saturated carbocycles. The van der Waals surface area contributed by atoms with Gasteiger partial charge in [0.05, 0.1) is 32.4 Å². The van der Waals surface area contributed by atoms with Crippen LogP contribution in [0.15, 0.2) is 42.0 Å². The van der Waals surface area contributed by atoms with Gasteiger partial charge < -0.3 is 24.2 Å². The molecule has 2 fully saturated rings. The maximum Gasteiger partial charge on any atom is 0.295 e. The molecule has 1 atom stereocenters. The number of aryl methyl sites for hydroxylation is 1. The van der Waals surface area contributed by atoms with Crippen LogP contribution in [0, 0.1) is 0 Å². The van der Waals surface area contributed by atoms with E-state index >= 15 is 0 Å². The lowest BCUT2D eigenvalue weighted by Gasteiger charge is -2.31. The smallest absolute Gasteiger partial charge is 0.295 e. The van der Waals surface area contributed by atoms with E-state index in [1.165, 1.54) is 0 Å². The summed E-state index contributed by atoms with van der Waals surface area (Å²) in [7, 11) is 3.10. The molecule has 1 saturated heterocycles. The van der Waals surface area contributed by atoms with E-state index in [2.05, 4.69) is 0 Å². The van der Waals surface area contributed by atoms with Crippen LogP contribution >= 0.6 is 0 Å². The zero-order valence-electron chi connectivity index (χ0n) is 19.5. The minimum atomic E-state index is -0.699. The van der Waals surface area contributed by atoms with Gasteiger partial charge in [0.1, 0.15) is 11.5 Å². The van der Waals surface area contributed by atoms with Crippen molar-refractivity contribution in [3.05, 3.63) is 58.7 Å². The van der Waals surface area contributed by atoms with Crippen molar-refractivity contribution in [1.29, 1.82) is 0 Å². The Bertz CT molecular complexity index is 1160. The van der Waals surface area contributed by atoms with Crippen LogP contribution in [0.25, 0.3) is 5.76 Å². The summed E-state index contributed by atoms with van der Waals surface area (Å²) in [6, 6.07) is 10.1. The van der Waals surface area contributed by atoms with Crippen molar-refractivity contribution in [2.75, 3.05) is 20.8 Å². The molecule has 0 aromatic heterocycles. The van der Waals surface area contributed by atoms with Crippen LogP contribution in [0.5, 0.6) is 17.2 Å². The van der Waals surface area contributed by atoms with Gasteiger partial charge in [0.25, 0.3) is 11.7 Å². The number of aliphatic hydroxyl groups is 1. The fourth-order valence-corrected chi connectivity index (χ4v) is 5.42. The summed E-state index contributed by atoms with van der Waals surface area (Å²) in [5.41, 5.74) is 2.31. The van der Waals surface area contributed by atoms with E-state index in [1.807, 2.05) is 18.2 Å². The summed E-state index contributed by atoms with van der Waals surface area (Å²) in [4.78, 5) is 28.3. The lowest BCUT2D eigenvalue weighted by atomic mass is 9.93. The largest absolute Gasteiger partial charge is 0.507 e. The number of Topliss-reactive ketones (excluding diaryl/α,β-unsaturated/α-hetero) is 1. The number of hydrogen-bond acceptors (Lipinski definition) is 6. The van der Waals surface area contributed by atoms with Crippen molar-refractivity contribution in [3.63, 3.8) is 0 Å². The minimum Gasteiger partial charge on any atom is -0.507 e. The summed E-state index contributed by atoms with van der Waals surface area (Å²) in [6.07, 6.45) is 5.44. The van der Waals surface area contributed by atoms with Gasteiger partial charge in [-0.15, -0.1) is 0 Å². The minimum absolute atomic E-state index is 0.0446. The molecule has 1 amide bonds. The summed E-state index contributed by atoms with van der Waals surface area (Å²) in [6.45, 7) is 0.671. The summed E-state index contributed by atoms with van der Waals surface area (Å²) >= 11 is 0. The molecule has 2 heterocycles. The van der Waals surface area contributed by atoms with Crippen LogP contribution in [0.4, 0.5) is 0 Å². The third-order valence-corrected chi connectivity index (χ3v) is 7.10. The van der Waals surface area contributed by atoms with Crippen LogP contribution in [0.2, 0.25) is 0 Å². The zero-order chi connectivity index (χ0) is 23.8. The number of carbonyl (C=O) groups is 2. The summed E-state index contributed by atoms with van der Waals surface area (Å²) in [5.74, 6) is 0.479. The first-order valence-electron chi connectivity index (χ1n) is 11.8. The van der Waals surface area contributed by atoms with E-state index < -0.39 is 17.7 Å². The average molecular weight is 464 g/mol. The van der Waals surface area contributed by atoms with Crippen molar-refractivity contribution in [3.8, 4) is 17.2 Å². The maximum atomic E-state index is 13.3. The van der Waals surface area contributed by atoms with Crippen LogP contribution in [-0.4, -0.2) is 48.6 Å². The van der Waals surface area contributed by atoms with Gasteiger partial charge in [0, 0.05) is 11.6 Å². The number of benzene rings is 2. The second kappa shape index (κ2) is 9.05. The number of ketones is 1. The Morgan fingerprint density at radius 2 is 1.76 bits per heavy atom. The molecule has 1 N–H and O–H groups in total. The molecule has 3 aliphatic rings. The Labute approximate surface area is 198 Å². The molecule has 7 heteroatoms. The van der Waals surface area contributed by atoms with E-state index in [0.29, 0.717) is 29.2 Å². The van der Waals surface area contributed by atoms with Crippen molar-refractivity contribution in [2.24, 2.45) is 0 Å². The van der Waals surface area contributed by atoms with Gasteiger partial charge in [-0.05, 0) is 67.1 Å². The number of fused-ring (bicyclic) bond motifs is 1. The van der Waals surface area contributed by atoms with E-state index in [0.717, 1.165) is 49.8 Å². The third-order valence-electron chi connectivity index (χ3n) is 7.10. The van der Waals surface area contributed by atoms with Crippen LogP contribution in [0.1, 0.15) is 54.8 Å². The van der Waals surface area contributed by atoms with E-state index in [1.54, 1.807) is 37.3 Å². The van der Waals surface area contributed by atoms with Gasteiger partial charge in [-0.1, -0.05) is 18.9 Å². The van der Waals surface area contributed by atoms with Crippen molar-refractivity contribution < 1.29 is 28.9 Å². The van der Waals surface area contributed by atoms with Gasteiger partial charge >= 0.3 is 0 Å². The molecule has 178 valence electrons. The molecule has 2 aliphatic heterocycles. The number of nitrogens with zero attached hydrogens (tertiary/aromatic N) is 1. The van der Waals surface area contributed by atoms with E-state index in [9.17, 15) is 14.7 Å². The number of aliphatic hydroxyl groups excluding tert-OH is 1. The average Bonchev–Trinajstić information content (AvgIpc) is 3.49. The molecule has 7 nitrogen and oxygen atoms in total. The molecule has 0 radical (unpaired) electrons. The van der Waals surface area contributed by atoms with Gasteiger partial charge in [-0.2, -0.15) is 0 Å². The summed E-state index contributed by atoms with van der Waals surface area (Å²) < 4.78 is 16.6. The van der Waals surface area contributed by atoms with Crippen molar-refractivity contribution >= 4 is 17.4 Å². The molecule has 1 aliphatic carbocycles. The first-order valence-corrected chi connectivity index (χ1v) is 11.8. The van der Waals surface area contributed by atoms with Gasteiger partial charge in [0.2, 0.25) is 0 Å². The normalized spacial score (nSPS) is 21.9. The van der Waals surface area contributed by atoms with Crippen molar-refractivity contribution in [2.45, 2.75) is 50.6 Å². The first-order chi connectivity index (χ1) is 16.5. The van der Waals surface area contributed by atoms with Crippen LogP contribution in [0.3, 0.4) is 0 Å². The Balaban J connectivity index is 1.66. The molecule has 0 spiro atoms. The SMILES string of the molecule is COc1ccc(C2/C(=C(\O)c3ccc4c(c3)CCCO4)C(=O)C(=O)N2C2CCCC2)cc1OC. The Hall–Kier alpha value is -3.48. The zero-order valence-corrected chi connectivity index (χ0v) is 19.5. The predicted molar refractivity (Wildman–Crippen MR) is 126 cm³/mol. The first kappa shape index (κ1) is 22.3. The molecule has 2 aromatic carbocycles. The standard InChI is InChI=1S/C27H29NO6/c1-32-21-12-9-17(15-22(21)33-2)24-23(26(30)27(31)28(24)19-7-3-4-8-19)25(29)18-10-11-20-16(14-18)6-5-13-34-20/h9-12,14-15,19,24,29H,3-8,13H2,1-2H3/b25-23+. The fraction of sp³-hybridized carbons (Fsp3) is 0.407. The highest BCUT2D eigenvalue weighted by molar-refractivity contribution is 6.46. The second-order valence-electron chi connectivity index (χ2n) is 9.03. The molecule has 0 bridgehead atoms. The lowest BCUT2D eigenvalue weighted by molar-refractivity contribution is -0.141. The quantitative estimate of drug-likeness (QED) is 0.402. The van der Waals surface area contributed by atoms with Gasteiger partial charge in [-0.25, -0.2) is 0 Å². The number of amides is 1. The Kier molecular flexibility index (Phi) is 5.94. The lowest BCUT2D eigenvalue weighted by Crippen LogP contribution is -2.37.